The molecule has 8 N–H and O–H groups in total. The van der Waals surface area contributed by atoms with E-state index in [1.807, 2.05) is 20.8 Å². The number of rotatable bonds is 10. The molecule has 0 saturated carbocycles. The number of nitrogens with one attached hydrogen (secondary N) is 4. The highest BCUT2D eigenvalue weighted by molar-refractivity contribution is 5.97. The maximum Gasteiger partial charge on any atom is 0.490 e. The maximum absolute atomic E-state index is 13.3. The average Bonchev–Trinajstić information content (AvgIpc) is 2.95. The predicted octanol–water partition coefficient (Wildman–Crippen LogP) is 4.11. The van der Waals surface area contributed by atoms with Gasteiger partial charge in [-0.25, -0.2) is 4.79 Å². The summed E-state index contributed by atoms with van der Waals surface area (Å²) in [5.41, 5.74) is 12.2. The number of amidine groups is 1. The molecule has 12 nitrogen and oxygen atoms in total. The number of hydrogen-bond donors (Lipinski definition) is 7. The van der Waals surface area contributed by atoms with Gasteiger partial charge in [-0.1, -0.05) is 12.1 Å². The number of halogens is 3. The first-order valence-electron chi connectivity index (χ1n) is 13.0. The van der Waals surface area contributed by atoms with Gasteiger partial charge in [0.15, 0.2) is 11.5 Å². The van der Waals surface area contributed by atoms with Gasteiger partial charge in [0.2, 0.25) is 0 Å². The molecule has 3 rings (SSSR count). The van der Waals surface area contributed by atoms with Gasteiger partial charge in [-0.15, -0.1) is 0 Å². The van der Waals surface area contributed by atoms with Gasteiger partial charge in [-0.2, -0.15) is 13.2 Å². The second-order valence-electron chi connectivity index (χ2n) is 9.17. The van der Waals surface area contributed by atoms with E-state index in [9.17, 15) is 27.9 Å². The average molecular weight is 620 g/mol. The number of phenolic OH excluding ortho intramolecular Hbond substituents is 1. The predicted molar refractivity (Wildman–Crippen MR) is 155 cm³/mol. The van der Waals surface area contributed by atoms with Gasteiger partial charge in [0.05, 0.1) is 12.7 Å². The molecule has 3 aromatic carbocycles. The minimum absolute atomic E-state index is 0.0697. The smallest absolute Gasteiger partial charge is 0.490 e. The van der Waals surface area contributed by atoms with E-state index < -0.39 is 30.0 Å². The van der Waals surface area contributed by atoms with E-state index in [0.29, 0.717) is 34.9 Å². The van der Waals surface area contributed by atoms with Crippen molar-refractivity contribution in [2.75, 3.05) is 11.9 Å². The first-order chi connectivity index (χ1) is 20.6. The number of ether oxygens (including phenoxy) is 2. The Morgan fingerprint density at radius 3 is 2.11 bits per heavy atom. The van der Waals surface area contributed by atoms with E-state index >= 15 is 0 Å². The molecule has 0 fully saturated rings. The zero-order valence-electron chi connectivity index (χ0n) is 23.9. The Bertz CT molecular complexity index is 1460. The van der Waals surface area contributed by atoms with Crippen LogP contribution in [0.5, 0.6) is 17.2 Å². The second kappa shape index (κ2) is 15.7. The Morgan fingerprint density at radius 1 is 0.955 bits per heavy atom. The number of phenols is 1. The third kappa shape index (κ3) is 10.7. The van der Waals surface area contributed by atoms with Crippen LogP contribution in [0.1, 0.15) is 48.3 Å². The number of benzene rings is 3. The van der Waals surface area contributed by atoms with Gasteiger partial charge in [0.25, 0.3) is 11.8 Å². The normalized spacial score (nSPS) is 11.3. The van der Waals surface area contributed by atoms with Crippen LogP contribution in [-0.2, 0) is 9.59 Å². The third-order valence-corrected chi connectivity index (χ3v) is 5.38. The standard InChI is InChI=1S/C27H31N5O5.C2HF3O2/c1-4-36-23-15-18(10-13-22(23)37-16(2)3)24(30-20-11-8-17(9-12-20)25(28)29)27(35)32-31-26(34)19-6-5-7-21(33)14-19;3-2(4,5)1(6)7/h5-16,24,30,33H,4H2,1-3H3,(H3,28,29)(H,31,34)(H,32,35);(H,6,7). The number of hydrogen-bond acceptors (Lipinski definition) is 8. The topological polar surface area (TPSA) is 196 Å². The lowest BCUT2D eigenvalue weighted by molar-refractivity contribution is -0.192. The number of carbonyl (C=O) groups excluding carboxylic acids is 2. The van der Waals surface area contributed by atoms with Gasteiger partial charge in [0, 0.05) is 16.8 Å². The molecular formula is C29H32F3N5O7. The molecule has 236 valence electrons. The van der Waals surface area contributed by atoms with Crippen LogP contribution in [0.2, 0.25) is 0 Å². The summed E-state index contributed by atoms with van der Waals surface area (Å²) < 4.78 is 43.3. The van der Waals surface area contributed by atoms with Crippen molar-refractivity contribution in [2.45, 2.75) is 39.1 Å². The van der Waals surface area contributed by atoms with Crippen LogP contribution in [0.15, 0.2) is 66.7 Å². The van der Waals surface area contributed by atoms with E-state index in [0.717, 1.165) is 0 Å². The van der Waals surface area contributed by atoms with E-state index in [1.165, 1.54) is 24.3 Å². The van der Waals surface area contributed by atoms with Crippen LogP contribution < -0.4 is 31.4 Å². The van der Waals surface area contributed by atoms with Crippen molar-refractivity contribution in [1.82, 2.24) is 10.9 Å². The SMILES string of the molecule is CCOc1cc(C(Nc2ccc(C(=N)N)cc2)C(=O)NNC(=O)c2cccc(O)c2)ccc1OC(C)C.O=C(O)C(F)(F)F. The Balaban J connectivity index is 0.000000860. The van der Waals surface area contributed by atoms with E-state index in [2.05, 4.69) is 16.2 Å². The molecule has 0 heterocycles. The van der Waals surface area contributed by atoms with Gasteiger partial charge in [-0.05, 0) is 80.9 Å². The first kappa shape index (κ1) is 34.7. The van der Waals surface area contributed by atoms with Crippen LogP contribution in [0.4, 0.5) is 18.9 Å². The highest BCUT2D eigenvalue weighted by atomic mass is 19.4. The quantitative estimate of drug-likeness (QED) is 0.0992. The zero-order valence-corrected chi connectivity index (χ0v) is 23.9. The minimum Gasteiger partial charge on any atom is -0.508 e. The Hall–Kier alpha value is -5.47. The van der Waals surface area contributed by atoms with Crippen molar-refractivity contribution in [2.24, 2.45) is 5.73 Å². The monoisotopic (exact) mass is 619 g/mol. The van der Waals surface area contributed by atoms with E-state index in [-0.39, 0.29) is 23.3 Å². The molecule has 0 aliphatic heterocycles. The van der Waals surface area contributed by atoms with Gasteiger partial charge in [-0.3, -0.25) is 25.8 Å². The number of carboxylic acid groups (broad SMARTS) is 1. The van der Waals surface area contributed by atoms with Crippen LogP contribution in [-0.4, -0.2) is 52.7 Å². The number of carboxylic acids is 1. The number of aromatic hydroxyl groups is 1. The fourth-order valence-electron chi connectivity index (χ4n) is 3.45. The number of aliphatic carboxylic acids is 1. The van der Waals surface area contributed by atoms with E-state index in [1.54, 1.807) is 42.5 Å². The molecule has 2 amide bonds. The number of anilines is 1. The first-order valence-corrected chi connectivity index (χ1v) is 13.0. The van der Waals surface area contributed by atoms with Crippen molar-refractivity contribution in [3.8, 4) is 17.2 Å². The second-order valence-corrected chi connectivity index (χ2v) is 9.17. The van der Waals surface area contributed by atoms with Crippen LogP contribution in [0.3, 0.4) is 0 Å². The molecule has 1 unspecified atom stereocenters. The van der Waals surface area contributed by atoms with Crippen molar-refractivity contribution < 1.29 is 47.2 Å². The Labute approximate surface area is 250 Å². The summed E-state index contributed by atoms with van der Waals surface area (Å²) in [4.78, 5) is 34.7. The van der Waals surface area contributed by atoms with Crippen LogP contribution in [0.25, 0.3) is 0 Å². The number of hydrazine groups is 1. The molecule has 3 aromatic rings. The summed E-state index contributed by atoms with van der Waals surface area (Å²) in [6.45, 7) is 6.05. The Morgan fingerprint density at radius 2 is 1.59 bits per heavy atom. The largest absolute Gasteiger partial charge is 0.508 e. The number of alkyl halides is 3. The molecule has 0 aromatic heterocycles. The van der Waals surface area contributed by atoms with Crippen molar-refractivity contribution in [1.29, 1.82) is 5.41 Å². The molecule has 0 aliphatic rings. The van der Waals surface area contributed by atoms with Crippen molar-refractivity contribution in [3.05, 3.63) is 83.4 Å². The molecule has 44 heavy (non-hydrogen) atoms. The van der Waals surface area contributed by atoms with Crippen LogP contribution >= 0.6 is 0 Å². The number of nitrogens with two attached hydrogens (primary N) is 1. The maximum atomic E-state index is 13.3. The summed E-state index contributed by atoms with van der Waals surface area (Å²) in [5, 5.41) is 27.5. The highest BCUT2D eigenvalue weighted by Gasteiger charge is 2.38. The summed E-state index contributed by atoms with van der Waals surface area (Å²) >= 11 is 0. The summed E-state index contributed by atoms with van der Waals surface area (Å²) in [7, 11) is 0. The van der Waals surface area contributed by atoms with Crippen molar-refractivity contribution >= 4 is 29.3 Å². The molecule has 0 bridgehead atoms. The third-order valence-electron chi connectivity index (χ3n) is 5.38. The summed E-state index contributed by atoms with van der Waals surface area (Å²) in [5.74, 6) is -3.02. The van der Waals surface area contributed by atoms with Gasteiger partial charge >= 0.3 is 12.1 Å². The summed E-state index contributed by atoms with van der Waals surface area (Å²) in [6, 6.07) is 16.7. The molecule has 0 spiro atoms. The zero-order chi connectivity index (χ0) is 33.0. The van der Waals surface area contributed by atoms with E-state index in [4.69, 9.17) is 30.5 Å². The lowest BCUT2D eigenvalue weighted by Gasteiger charge is -2.22. The van der Waals surface area contributed by atoms with Crippen LogP contribution in [0, 0.1) is 5.41 Å². The lowest BCUT2D eigenvalue weighted by atomic mass is 10.0. The Kier molecular flexibility index (Phi) is 12.4. The molecular weight excluding hydrogens is 587 g/mol. The highest BCUT2D eigenvalue weighted by Crippen LogP contribution is 2.33. The number of carbonyl (C=O) groups is 3. The molecule has 0 aliphatic carbocycles. The number of nitrogen functional groups attached to an aromatic ring is 1. The number of amides is 2. The van der Waals surface area contributed by atoms with Gasteiger partial charge in [0.1, 0.15) is 17.6 Å². The fraction of sp³-hybridized carbons (Fsp3) is 0.241. The lowest BCUT2D eigenvalue weighted by Crippen LogP contribution is -2.45. The molecule has 1 atom stereocenters. The minimum atomic E-state index is -5.08. The molecule has 15 heteroatoms. The molecule has 0 radical (unpaired) electrons. The fourth-order valence-corrected chi connectivity index (χ4v) is 3.45. The summed E-state index contributed by atoms with van der Waals surface area (Å²) in [6.07, 6.45) is -5.16. The van der Waals surface area contributed by atoms with Gasteiger partial charge < -0.3 is 30.7 Å². The molecule has 0 saturated heterocycles. The van der Waals surface area contributed by atoms with Crippen molar-refractivity contribution in [3.63, 3.8) is 0 Å².